The molecule has 22 heavy (non-hydrogen) atoms. The van der Waals surface area contributed by atoms with Gasteiger partial charge in [0.05, 0.1) is 0 Å². The number of rotatable bonds is 7. The second-order valence-electron chi connectivity index (χ2n) is 5.85. The molecule has 1 aromatic rings. The lowest BCUT2D eigenvalue weighted by atomic mass is 10.1. The summed E-state index contributed by atoms with van der Waals surface area (Å²) in [6.45, 7) is 4.29. The molecule has 0 radical (unpaired) electrons. The van der Waals surface area contributed by atoms with Gasteiger partial charge in [-0.15, -0.1) is 0 Å². The lowest BCUT2D eigenvalue weighted by Crippen LogP contribution is -2.48. The van der Waals surface area contributed by atoms with Gasteiger partial charge < -0.3 is 11.5 Å². The lowest BCUT2D eigenvalue weighted by molar-refractivity contribution is 0.546. The highest BCUT2D eigenvalue weighted by Gasteiger charge is 2.25. The van der Waals surface area contributed by atoms with Crippen LogP contribution in [-0.4, -0.2) is 18.1 Å². The van der Waals surface area contributed by atoms with E-state index < -0.39 is 0 Å². The number of hydrogen-bond donors (Lipinski definition) is 2. The minimum Gasteiger partial charge on any atom is -0.369 e. The molecule has 0 amide bonds. The molecule has 1 aliphatic heterocycles. The van der Waals surface area contributed by atoms with Crippen LogP contribution in [0.25, 0.3) is 0 Å². The molecule has 120 valence electrons. The van der Waals surface area contributed by atoms with Gasteiger partial charge in [-0.25, -0.2) is 4.99 Å². The van der Waals surface area contributed by atoms with Crippen molar-refractivity contribution < 1.29 is 0 Å². The van der Waals surface area contributed by atoms with Gasteiger partial charge in [0.1, 0.15) is 6.17 Å². The van der Waals surface area contributed by atoms with E-state index in [1.165, 1.54) is 31.2 Å². The number of nitrogens with two attached hydrogens (primary N) is 2. The molecule has 1 aromatic carbocycles. The fraction of sp³-hybridized carbons (Fsp3) is 0.529. The van der Waals surface area contributed by atoms with E-state index in [-0.39, 0.29) is 12.1 Å². The van der Waals surface area contributed by atoms with Crippen LogP contribution in [0.15, 0.2) is 34.3 Å². The smallest absolute Gasteiger partial charge is 0.220 e. The Bertz CT molecular complexity index is 550. The zero-order chi connectivity index (χ0) is 15.9. The summed E-state index contributed by atoms with van der Waals surface area (Å²) in [4.78, 5) is 10.6. The first-order valence-electron chi connectivity index (χ1n) is 8.15. The third kappa shape index (κ3) is 4.23. The minimum atomic E-state index is -0.0547. The maximum Gasteiger partial charge on any atom is 0.220 e. The van der Waals surface area contributed by atoms with Crippen molar-refractivity contribution in [1.29, 1.82) is 0 Å². The Morgan fingerprint density at radius 3 is 2.64 bits per heavy atom. The van der Waals surface area contributed by atoms with Crippen LogP contribution in [-0.2, 0) is 0 Å². The van der Waals surface area contributed by atoms with Gasteiger partial charge in [-0.3, -0.25) is 4.90 Å². The summed E-state index contributed by atoms with van der Waals surface area (Å²) in [6, 6.07) is 8.23. The van der Waals surface area contributed by atoms with Crippen LogP contribution < -0.4 is 16.4 Å². The predicted octanol–water partition coefficient (Wildman–Crippen LogP) is 3.13. The molecule has 0 bridgehead atoms. The Hall–Kier alpha value is -2.04. The minimum absolute atomic E-state index is 0.0547. The molecule has 2 rings (SSSR count). The normalized spacial score (nSPS) is 18.1. The van der Waals surface area contributed by atoms with E-state index in [1.807, 2.05) is 17.0 Å². The SMILES string of the molecule is CCCCCCC[C@H]1N=C(N)N=C(N)N1c1cccc(C)c1. The van der Waals surface area contributed by atoms with Crippen LogP contribution >= 0.6 is 0 Å². The third-order valence-corrected chi connectivity index (χ3v) is 3.90. The number of unbranched alkanes of at least 4 members (excludes halogenated alkanes) is 4. The molecule has 1 aliphatic rings. The monoisotopic (exact) mass is 301 g/mol. The second-order valence-corrected chi connectivity index (χ2v) is 5.85. The highest BCUT2D eigenvalue weighted by atomic mass is 15.4. The Kier molecular flexibility index (Phi) is 5.81. The maximum absolute atomic E-state index is 6.11. The van der Waals surface area contributed by atoms with E-state index in [2.05, 4.69) is 36.0 Å². The van der Waals surface area contributed by atoms with E-state index in [1.54, 1.807) is 0 Å². The number of hydrogen-bond acceptors (Lipinski definition) is 5. The highest BCUT2D eigenvalue weighted by Crippen LogP contribution is 2.24. The summed E-state index contributed by atoms with van der Waals surface area (Å²) in [6.07, 6.45) is 7.05. The van der Waals surface area contributed by atoms with Gasteiger partial charge in [-0.1, -0.05) is 44.7 Å². The standard InChI is InChI=1S/C17H27N5/c1-3-4-5-6-7-11-15-20-16(18)21-17(19)22(15)14-10-8-9-13(2)12-14/h8-10,12,15H,3-7,11H2,1-2H3,(H4,18,19,20,21)/t15-/m0/s1. The Morgan fingerprint density at radius 1 is 1.14 bits per heavy atom. The summed E-state index contributed by atoms with van der Waals surface area (Å²) < 4.78 is 0. The Balaban J connectivity index is 2.08. The van der Waals surface area contributed by atoms with E-state index in [0.29, 0.717) is 5.96 Å². The molecule has 5 heteroatoms. The first-order valence-corrected chi connectivity index (χ1v) is 8.15. The number of benzene rings is 1. The molecule has 0 spiro atoms. The summed E-state index contributed by atoms with van der Waals surface area (Å²) in [5, 5.41) is 0. The van der Waals surface area contributed by atoms with Gasteiger partial charge in [0.2, 0.25) is 11.9 Å². The zero-order valence-electron chi connectivity index (χ0n) is 13.6. The van der Waals surface area contributed by atoms with Crippen molar-refractivity contribution in [3.63, 3.8) is 0 Å². The lowest BCUT2D eigenvalue weighted by Gasteiger charge is -2.32. The molecule has 0 saturated carbocycles. The summed E-state index contributed by atoms with van der Waals surface area (Å²) in [5.41, 5.74) is 14.1. The first kappa shape index (κ1) is 16.3. The second kappa shape index (κ2) is 7.82. The van der Waals surface area contributed by atoms with E-state index >= 15 is 0 Å². The Labute approximate surface area is 133 Å². The van der Waals surface area contributed by atoms with Crippen LogP contribution in [0.2, 0.25) is 0 Å². The van der Waals surface area contributed by atoms with E-state index in [9.17, 15) is 0 Å². The number of anilines is 1. The van der Waals surface area contributed by atoms with E-state index in [4.69, 9.17) is 11.5 Å². The van der Waals surface area contributed by atoms with Crippen molar-refractivity contribution >= 4 is 17.6 Å². The van der Waals surface area contributed by atoms with Gasteiger partial charge in [0, 0.05) is 5.69 Å². The predicted molar refractivity (Wildman–Crippen MR) is 94.1 cm³/mol. The molecule has 5 nitrogen and oxygen atoms in total. The number of aliphatic imine (C=N–C) groups is 2. The van der Waals surface area contributed by atoms with Crippen molar-refractivity contribution in [3.8, 4) is 0 Å². The van der Waals surface area contributed by atoms with Crippen molar-refractivity contribution in [2.24, 2.45) is 21.5 Å². The van der Waals surface area contributed by atoms with Crippen LogP contribution in [0.1, 0.15) is 51.0 Å². The fourth-order valence-corrected chi connectivity index (χ4v) is 2.77. The van der Waals surface area contributed by atoms with Crippen molar-refractivity contribution in [2.45, 2.75) is 58.5 Å². The largest absolute Gasteiger partial charge is 0.369 e. The molecule has 0 aliphatic carbocycles. The van der Waals surface area contributed by atoms with Crippen molar-refractivity contribution in [1.82, 2.24) is 0 Å². The van der Waals surface area contributed by atoms with Gasteiger partial charge in [0.15, 0.2) is 0 Å². The van der Waals surface area contributed by atoms with Crippen LogP contribution in [0, 0.1) is 6.92 Å². The quantitative estimate of drug-likeness (QED) is 0.759. The van der Waals surface area contributed by atoms with E-state index in [0.717, 1.165) is 18.5 Å². The van der Waals surface area contributed by atoms with Gasteiger partial charge in [-0.2, -0.15) is 4.99 Å². The highest BCUT2D eigenvalue weighted by molar-refractivity contribution is 6.04. The molecular formula is C17H27N5. The molecule has 1 heterocycles. The summed E-state index contributed by atoms with van der Waals surface area (Å²) in [7, 11) is 0. The average Bonchev–Trinajstić information content (AvgIpc) is 2.46. The van der Waals surface area contributed by atoms with Crippen LogP contribution in [0.3, 0.4) is 0 Å². The van der Waals surface area contributed by atoms with Crippen LogP contribution in [0.5, 0.6) is 0 Å². The zero-order valence-corrected chi connectivity index (χ0v) is 13.6. The van der Waals surface area contributed by atoms with Crippen molar-refractivity contribution in [2.75, 3.05) is 4.90 Å². The summed E-state index contributed by atoms with van der Waals surface area (Å²) in [5.74, 6) is 0.705. The third-order valence-electron chi connectivity index (χ3n) is 3.90. The molecule has 1 atom stereocenters. The molecular weight excluding hydrogens is 274 g/mol. The topological polar surface area (TPSA) is 80.0 Å². The molecule has 4 N–H and O–H groups in total. The molecule has 0 unspecified atom stereocenters. The molecule has 0 aromatic heterocycles. The summed E-state index contributed by atoms with van der Waals surface area (Å²) >= 11 is 0. The first-order chi connectivity index (χ1) is 10.6. The molecule has 0 fully saturated rings. The number of aryl methyl sites for hydroxylation is 1. The maximum atomic E-state index is 6.11. The Morgan fingerprint density at radius 2 is 1.91 bits per heavy atom. The average molecular weight is 301 g/mol. The van der Waals surface area contributed by atoms with Crippen LogP contribution in [0.4, 0.5) is 5.69 Å². The van der Waals surface area contributed by atoms with Crippen molar-refractivity contribution in [3.05, 3.63) is 29.8 Å². The molecule has 0 saturated heterocycles. The van der Waals surface area contributed by atoms with Gasteiger partial charge in [0.25, 0.3) is 0 Å². The van der Waals surface area contributed by atoms with Gasteiger partial charge >= 0.3 is 0 Å². The number of nitrogens with zero attached hydrogens (tertiary/aromatic N) is 3. The van der Waals surface area contributed by atoms with Gasteiger partial charge in [-0.05, 0) is 37.5 Å². The fourth-order valence-electron chi connectivity index (χ4n) is 2.77. The number of guanidine groups is 2.